The highest BCUT2D eigenvalue weighted by atomic mass is 28.3. The molecule has 0 spiro atoms. The first-order valence-electron chi connectivity index (χ1n) is 6.38. The van der Waals surface area contributed by atoms with E-state index in [1.807, 2.05) is 0 Å². The molecule has 0 unspecified atom stereocenters. The van der Waals surface area contributed by atoms with Gasteiger partial charge in [0.2, 0.25) is 0 Å². The molecular weight excluding hydrogens is 224 g/mol. The van der Waals surface area contributed by atoms with Crippen LogP contribution in [0.25, 0.3) is 0 Å². The molecule has 0 rings (SSSR count). The number of hydrogen-bond donors (Lipinski definition) is 0. The Kier molecular flexibility index (Phi) is 6.82. The summed E-state index contributed by atoms with van der Waals surface area (Å²) < 4.78 is 5.04. The summed E-state index contributed by atoms with van der Waals surface area (Å²) in [6.07, 6.45) is 4.25. The van der Waals surface area contributed by atoms with Crippen LogP contribution in [0.1, 0.15) is 40.5 Å². The summed E-state index contributed by atoms with van der Waals surface area (Å²) in [6.45, 7) is 14.5. The van der Waals surface area contributed by atoms with E-state index in [0.717, 1.165) is 19.4 Å². The van der Waals surface area contributed by atoms with E-state index in [4.69, 9.17) is 4.74 Å². The predicted octanol–water partition coefficient (Wildman–Crippen LogP) is 4.41. The maximum absolute atomic E-state index is 5.04. The third kappa shape index (κ3) is 6.70. The topological polar surface area (TPSA) is 9.23 Å². The zero-order valence-corrected chi connectivity index (χ0v) is 13.6. The van der Waals surface area contributed by atoms with Gasteiger partial charge in [0, 0.05) is 13.7 Å². The van der Waals surface area contributed by atoms with E-state index in [0.29, 0.717) is 5.04 Å². The average Bonchev–Trinajstić information content (AvgIpc) is 2.16. The van der Waals surface area contributed by atoms with Gasteiger partial charge in [-0.2, -0.15) is 0 Å². The van der Waals surface area contributed by atoms with Gasteiger partial charge in [0.05, 0.1) is 0 Å². The van der Waals surface area contributed by atoms with Crippen molar-refractivity contribution < 1.29 is 4.74 Å². The van der Waals surface area contributed by atoms with Gasteiger partial charge in [-0.15, -0.1) is 5.54 Å². The first-order valence-corrected chi connectivity index (χ1v) is 9.38. The number of hydrogen-bond acceptors (Lipinski definition) is 1. The van der Waals surface area contributed by atoms with E-state index < -0.39 is 8.07 Å². The van der Waals surface area contributed by atoms with E-state index in [1.165, 1.54) is 5.57 Å². The van der Waals surface area contributed by atoms with Gasteiger partial charge in [0.25, 0.3) is 0 Å². The molecule has 0 aliphatic heterocycles. The molecule has 0 aromatic heterocycles. The van der Waals surface area contributed by atoms with E-state index in [-0.39, 0.29) is 0 Å². The van der Waals surface area contributed by atoms with Crippen molar-refractivity contribution in [1.29, 1.82) is 0 Å². The van der Waals surface area contributed by atoms with Crippen LogP contribution >= 0.6 is 0 Å². The number of allylic oxidation sites excluding steroid dienone is 2. The van der Waals surface area contributed by atoms with E-state index in [1.54, 1.807) is 7.11 Å². The second-order valence-electron chi connectivity index (χ2n) is 6.23. The Morgan fingerprint density at radius 2 is 1.88 bits per heavy atom. The molecule has 0 bridgehead atoms. The monoisotopic (exact) mass is 252 g/mol. The Morgan fingerprint density at radius 1 is 1.29 bits per heavy atom. The molecule has 0 saturated carbocycles. The van der Waals surface area contributed by atoms with Crippen LogP contribution in [-0.4, -0.2) is 21.8 Å². The zero-order chi connectivity index (χ0) is 13.5. The zero-order valence-electron chi connectivity index (χ0n) is 12.6. The van der Waals surface area contributed by atoms with Crippen molar-refractivity contribution in [2.45, 2.75) is 58.7 Å². The average molecular weight is 252 g/mol. The lowest BCUT2D eigenvalue weighted by atomic mass is 10.1. The first-order chi connectivity index (χ1) is 7.70. The molecule has 0 radical (unpaired) electrons. The molecule has 0 atom stereocenters. The van der Waals surface area contributed by atoms with Crippen molar-refractivity contribution in [3.05, 3.63) is 11.6 Å². The molecule has 0 N–H and O–H groups in total. The molecular formula is C15H28OSi. The van der Waals surface area contributed by atoms with Crippen molar-refractivity contribution in [3.63, 3.8) is 0 Å². The molecule has 17 heavy (non-hydrogen) atoms. The van der Waals surface area contributed by atoms with E-state index >= 15 is 0 Å². The minimum atomic E-state index is -1.44. The van der Waals surface area contributed by atoms with Crippen LogP contribution < -0.4 is 0 Å². The Labute approximate surface area is 109 Å². The molecule has 0 aliphatic rings. The van der Waals surface area contributed by atoms with Crippen LogP contribution in [-0.2, 0) is 4.74 Å². The fourth-order valence-corrected chi connectivity index (χ4v) is 1.90. The molecule has 1 nitrogen and oxygen atoms in total. The number of ether oxygens (including phenoxy) is 1. The molecule has 98 valence electrons. The molecule has 0 aromatic rings. The van der Waals surface area contributed by atoms with Crippen LogP contribution in [0.3, 0.4) is 0 Å². The molecule has 0 heterocycles. The SMILES string of the molecule is COCCC/C(C)=C/C#C[Si](C)(C)C(C)(C)C. The van der Waals surface area contributed by atoms with Crippen molar-refractivity contribution >= 4 is 8.07 Å². The van der Waals surface area contributed by atoms with Crippen LogP contribution in [0.4, 0.5) is 0 Å². The lowest BCUT2D eigenvalue weighted by molar-refractivity contribution is 0.195. The summed E-state index contributed by atoms with van der Waals surface area (Å²) >= 11 is 0. The van der Waals surface area contributed by atoms with Crippen LogP contribution in [0.5, 0.6) is 0 Å². The Morgan fingerprint density at radius 3 is 2.35 bits per heavy atom. The summed E-state index contributed by atoms with van der Waals surface area (Å²) in [5.74, 6) is 3.27. The van der Waals surface area contributed by atoms with E-state index in [9.17, 15) is 0 Å². The molecule has 0 fully saturated rings. The van der Waals surface area contributed by atoms with Gasteiger partial charge in [-0.25, -0.2) is 0 Å². The summed E-state index contributed by atoms with van der Waals surface area (Å²) in [6, 6.07) is 0. The fraction of sp³-hybridized carbons (Fsp3) is 0.733. The lowest BCUT2D eigenvalue weighted by Gasteiger charge is -2.31. The Bertz CT molecular complexity index is 310. The van der Waals surface area contributed by atoms with E-state index in [2.05, 4.69) is 58.3 Å². The van der Waals surface area contributed by atoms with Crippen molar-refractivity contribution in [3.8, 4) is 11.5 Å². The standard InChI is InChI=1S/C15H28OSi/c1-14(10-8-12-16-5)11-9-13-17(6,7)15(2,3)4/h11H,8,10,12H2,1-7H3/b14-11+. The van der Waals surface area contributed by atoms with Gasteiger partial charge >= 0.3 is 0 Å². The van der Waals surface area contributed by atoms with Crippen molar-refractivity contribution in [1.82, 2.24) is 0 Å². The van der Waals surface area contributed by atoms with Gasteiger partial charge < -0.3 is 4.74 Å². The predicted molar refractivity (Wildman–Crippen MR) is 79.8 cm³/mol. The first kappa shape index (κ1) is 16.5. The maximum atomic E-state index is 5.04. The third-order valence-corrected chi connectivity index (χ3v) is 8.02. The minimum Gasteiger partial charge on any atom is -0.385 e. The van der Waals surface area contributed by atoms with Gasteiger partial charge in [-0.05, 0) is 30.9 Å². The normalized spacial score (nSPS) is 13.2. The summed E-state index contributed by atoms with van der Waals surface area (Å²) in [5.41, 5.74) is 4.86. The van der Waals surface area contributed by atoms with Gasteiger partial charge in [-0.3, -0.25) is 0 Å². The highest BCUT2D eigenvalue weighted by molar-refractivity contribution is 6.87. The molecule has 2 heteroatoms. The Hall–Kier alpha value is -0.523. The lowest BCUT2D eigenvalue weighted by Crippen LogP contribution is -2.35. The van der Waals surface area contributed by atoms with Crippen LogP contribution in [0.15, 0.2) is 11.6 Å². The van der Waals surface area contributed by atoms with Gasteiger partial charge in [0.1, 0.15) is 8.07 Å². The Balaban J connectivity index is 4.40. The smallest absolute Gasteiger partial charge is 0.138 e. The molecule has 0 saturated heterocycles. The van der Waals surface area contributed by atoms with Gasteiger partial charge in [-0.1, -0.05) is 45.4 Å². The van der Waals surface area contributed by atoms with Crippen molar-refractivity contribution in [2.24, 2.45) is 0 Å². The van der Waals surface area contributed by atoms with Crippen molar-refractivity contribution in [2.75, 3.05) is 13.7 Å². The molecule has 0 aromatic carbocycles. The largest absolute Gasteiger partial charge is 0.385 e. The third-order valence-electron chi connectivity index (χ3n) is 3.50. The molecule has 0 amide bonds. The second kappa shape index (κ2) is 7.03. The van der Waals surface area contributed by atoms with Crippen LogP contribution in [0, 0.1) is 11.5 Å². The number of methoxy groups -OCH3 is 1. The number of rotatable bonds is 4. The summed E-state index contributed by atoms with van der Waals surface area (Å²) in [7, 11) is 0.306. The highest BCUT2D eigenvalue weighted by Gasteiger charge is 2.33. The molecule has 0 aliphatic carbocycles. The fourth-order valence-electron chi connectivity index (χ4n) is 1.09. The summed E-state index contributed by atoms with van der Waals surface area (Å²) in [5, 5.41) is 0.345. The second-order valence-corrected chi connectivity index (χ2v) is 11.2. The minimum absolute atomic E-state index is 0.345. The van der Waals surface area contributed by atoms with Crippen LogP contribution in [0.2, 0.25) is 18.1 Å². The quantitative estimate of drug-likeness (QED) is 0.409. The summed E-state index contributed by atoms with van der Waals surface area (Å²) in [4.78, 5) is 0. The highest BCUT2D eigenvalue weighted by Crippen LogP contribution is 2.35. The maximum Gasteiger partial charge on any atom is 0.138 e. The van der Waals surface area contributed by atoms with Gasteiger partial charge in [0.15, 0.2) is 0 Å².